The van der Waals surface area contributed by atoms with Crippen LogP contribution in [0.25, 0.3) is 0 Å². The Morgan fingerprint density at radius 2 is 1.78 bits per heavy atom. The van der Waals surface area contributed by atoms with E-state index in [-0.39, 0.29) is 28.8 Å². The van der Waals surface area contributed by atoms with Crippen LogP contribution >= 0.6 is 0 Å². The van der Waals surface area contributed by atoms with Crippen molar-refractivity contribution in [2.45, 2.75) is 25.7 Å². The van der Waals surface area contributed by atoms with Crippen LogP contribution in [-0.4, -0.2) is 11.6 Å². The molecule has 1 aromatic rings. The van der Waals surface area contributed by atoms with E-state index in [0.717, 1.165) is 17.6 Å². The minimum Gasteiger partial charge on any atom is -0.290 e. The van der Waals surface area contributed by atoms with E-state index >= 15 is 0 Å². The average molecular weight is 240 g/mol. The summed E-state index contributed by atoms with van der Waals surface area (Å²) in [5, 5.41) is 0. The van der Waals surface area contributed by atoms with Crippen molar-refractivity contribution in [3.8, 4) is 0 Å². The van der Waals surface area contributed by atoms with Gasteiger partial charge in [-0.25, -0.2) is 0 Å². The summed E-state index contributed by atoms with van der Waals surface area (Å²) in [6, 6.07) is 10.1. The molecule has 0 unspecified atom stereocenters. The van der Waals surface area contributed by atoms with E-state index in [9.17, 15) is 9.59 Å². The average Bonchev–Trinajstić information content (AvgIpc) is 2.36. The van der Waals surface area contributed by atoms with Crippen LogP contribution < -0.4 is 0 Å². The number of carbonyl (C=O) groups is 2. The third-order valence-electron chi connectivity index (χ3n) is 4.48. The topological polar surface area (TPSA) is 34.1 Å². The SMILES string of the molecule is CC1=C[C@@H]2C[C@](C)(c3ccccc3)[C@H]1C(=O)C2=O. The first-order valence-corrected chi connectivity index (χ1v) is 6.36. The second-order valence-corrected chi connectivity index (χ2v) is 5.67. The van der Waals surface area contributed by atoms with E-state index in [2.05, 4.69) is 19.1 Å². The van der Waals surface area contributed by atoms with Gasteiger partial charge in [0.1, 0.15) is 0 Å². The van der Waals surface area contributed by atoms with Gasteiger partial charge in [0.05, 0.1) is 5.92 Å². The summed E-state index contributed by atoms with van der Waals surface area (Å²) in [4.78, 5) is 24.1. The van der Waals surface area contributed by atoms with Gasteiger partial charge >= 0.3 is 0 Å². The van der Waals surface area contributed by atoms with Gasteiger partial charge in [-0.1, -0.05) is 48.9 Å². The summed E-state index contributed by atoms with van der Waals surface area (Å²) in [6.07, 6.45) is 2.74. The van der Waals surface area contributed by atoms with Gasteiger partial charge in [-0.2, -0.15) is 0 Å². The van der Waals surface area contributed by atoms with Crippen LogP contribution in [0.5, 0.6) is 0 Å². The molecule has 0 saturated heterocycles. The maximum atomic E-state index is 12.2. The summed E-state index contributed by atoms with van der Waals surface area (Å²) < 4.78 is 0. The van der Waals surface area contributed by atoms with Crippen LogP contribution in [0.15, 0.2) is 42.0 Å². The molecular weight excluding hydrogens is 224 g/mol. The van der Waals surface area contributed by atoms with E-state index in [4.69, 9.17) is 0 Å². The van der Waals surface area contributed by atoms with Crippen molar-refractivity contribution in [3.05, 3.63) is 47.5 Å². The van der Waals surface area contributed by atoms with Crippen LogP contribution in [0.1, 0.15) is 25.8 Å². The highest BCUT2D eigenvalue weighted by molar-refractivity contribution is 6.41. The van der Waals surface area contributed by atoms with E-state index in [0.29, 0.717) is 0 Å². The number of allylic oxidation sites excluding steroid dienone is 2. The van der Waals surface area contributed by atoms with Crippen molar-refractivity contribution >= 4 is 11.6 Å². The fraction of sp³-hybridized carbons (Fsp3) is 0.375. The molecule has 2 nitrogen and oxygen atoms in total. The number of hydrogen-bond acceptors (Lipinski definition) is 2. The van der Waals surface area contributed by atoms with Crippen LogP contribution in [0.4, 0.5) is 0 Å². The van der Waals surface area contributed by atoms with Gasteiger partial charge in [-0.3, -0.25) is 9.59 Å². The van der Waals surface area contributed by atoms with Crippen molar-refractivity contribution in [3.63, 3.8) is 0 Å². The van der Waals surface area contributed by atoms with E-state index in [1.54, 1.807) is 0 Å². The molecule has 92 valence electrons. The Morgan fingerprint density at radius 3 is 2.39 bits per heavy atom. The lowest BCUT2D eigenvalue weighted by molar-refractivity contribution is -0.145. The number of benzene rings is 1. The maximum absolute atomic E-state index is 12.2. The van der Waals surface area contributed by atoms with Crippen molar-refractivity contribution in [1.29, 1.82) is 0 Å². The first kappa shape index (κ1) is 11.4. The fourth-order valence-electron chi connectivity index (χ4n) is 3.64. The van der Waals surface area contributed by atoms with Gasteiger partial charge in [0.25, 0.3) is 0 Å². The Bertz CT molecular complexity index is 556. The minimum atomic E-state index is -0.266. The molecule has 1 fully saturated rings. The van der Waals surface area contributed by atoms with Crippen LogP contribution in [0.2, 0.25) is 0 Å². The molecule has 0 spiro atoms. The molecule has 0 amide bonds. The van der Waals surface area contributed by atoms with Crippen molar-refractivity contribution < 1.29 is 9.59 Å². The molecule has 1 saturated carbocycles. The summed E-state index contributed by atoms with van der Waals surface area (Å²) in [5.41, 5.74) is 1.99. The predicted molar refractivity (Wildman–Crippen MR) is 69.2 cm³/mol. The van der Waals surface area contributed by atoms with E-state index in [1.807, 2.05) is 31.2 Å². The summed E-state index contributed by atoms with van der Waals surface area (Å²) in [5.74, 6) is -0.873. The van der Waals surface area contributed by atoms with Gasteiger partial charge < -0.3 is 0 Å². The second kappa shape index (κ2) is 3.64. The van der Waals surface area contributed by atoms with Gasteiger partial charge in [-0.05, 0) is 18.9 Å². The Morgan fingerprint density at radius 1 is 1.11 bits per heavy atom. The zero-order valence-electron chi connectivity index (χ0n) is 10.6. The lowest BCUT2D eigenvalue weighted by Crippen LogP contribution is -2.52. The van der Waals surface area contributed by atoms with Crippen molar-refractivity contribution in [2.75, 3.05) is 0 Å². The zero-order valence-corrected chi connectivity index (χ0v) is 10.6. The molecule has 1 aromatic carbocycles. The standard InChI is InChI=1S/C16H16O2/c1-10-8-11-9-16(2,12-6-4-3-5-7-12)13(10)15(18)14(11)17/h3-8,11,13H,9H2,1-2H3/t11-,13-,16-/m1/s1. The number of fused-ring (bicyclic) bond motifs is 2. The summed E-state index contributed by atoms with van der Waals surface area (Å²) in [6.45, 7) is 4.09. The lowest BCUT2D eigenvalue weighted by atomic mass is 9.54. The van der Waals surface area contributed by atoms with Gasteiger partial charge in [0.15, 0.2) is 0 Å². The van der Waals surface area contributed by atoms with Gasteiger partial charge in [-0.15, -0.1) is 0 Å². The normalized spacial score (nSPS) is 34.7. The first-order valence-electron chi connectivity index (χ1n) is 6.36. The predicted octanol–water partition coefficient (Wildman–Crippen LogP) is 2.68. The highest BCUT2D eigenvalue weighted by Gasteiger charge is 2.53. The van der Waals surface area contributed by atoms with Gasteiger partial charge in [0.2, 0.25) is 11.6 Å². The molecule has 4 rings (SSSR count). The van der Waals surface area contributed by atoms with E-state index < -0.39 is 0 Å². The Kier molecular flexibility index (Phi) is 2.31. The fourth-order valence-corrected chi connectivity index (χ4v) is 3.64. The molecule has 0 heterocycles. The third kappa shape index (κ3) is 1.35. The molecular formula is C16H16O2. The van der Waals surface area contributed by atoms with Crippen molar-refractivity contribution in [2.24, 2.45) is 11.8 Å². The van der Waals surface area contributed by atoms with Crippen molar-refractivity contribution in [1.82, 2.24) is 0 Å². The Balaban J connectivity index is 2.14. The molecule has 0 aromatic heterocycles. The summed E-state index contributed by atoms with van der Waals surface area (Å²) in [7, 11) is 0. The minimum absolute atomic E-state index is 0.195. The molecule has 2 heteroatoms. The van der Waals surface area contributed by atoms with Crippen LogP contribution in [-0.2, 0) is 15.0 Å². The number of ketones is 2. The molecule has 3 atom stereocenters. The number of Topliss-reactive ketones (excluding diaryl/α,β-unsaturated/α-hetero) is 2. The number of hydrogen-bond donors (Lipinski definition) is 0. The molecule has 3 aliphatic carbocycles. The zero-order chi connectivity index (χ0) is 12.9. The monoisotopic (exact) mass is 240 g/mol. The molecule has 2 bridgehead atoms. The Labute approximate surface area is 107 Å². The molecule has 18 heavy (non-hydrogen) atoms. The smallest absolute Gasteiger partial charge is 0.206 e. The number of rotatable bonds is 1. The summed E-state index contributed by atoms with van der Waals surface area (Å²) >= 11 is 0. The third-order valence-corrected chi connectivity index (χ3v) is 4.48. The first-order chi connectivity index (χ1) is 8.54. The van der Waals surface area contributed by atoms with Crippen LogP contribution in [0.3, 0.4) is 0 Å². The lowest BCUT2D eigenvalue weighted by Gasteiger charge is -2.47. The molecule has 0 aliphatic heterocycles. The highest BCUT2D eigenvalue weighted by atomic mass is 16.2. The molecule has 0 N–H and O–H groups in total. The number of carbonyl (C=O) groups excluding carboxylic acids is 2. The largest absolute Gasteiger partial charge is 0.290 e. The Hall–Kier alpha value is -1.70. The second-order valence-electron chi connectivity index (χ2n) is 5.67. The van der Waals surface area contributed by atoms with Crippen LogP contribution in [0, 0.1) is 11.8 Å². The molecule has 3 aliphatic rings. The maximum Gasteiger partial charge on any atom is 0.206 e. The quantitative estimate of drug-likeness (QED) is 0.558. The van der Waals surface area contributed by atoms with E-state index in [1.165, 1.54) is 0 Å². The molecule has 0 radical (unpaired) electrons. The highest BCUT2D eigenvalue weighted by Crippen LogP contribution is 2.50. The van der Waals surface area contributed by atoms with Gasteiger partial charge in [0, 0.05) is 11.3 Å².